The van der Waals surface area contributed by atoms with Crippen molar-refractivity contribution in [3.05, 3.63) is 64.2 Å². The number of hydrogen-bond donors (Lipinski definition) is 0. The van der Waals surface area contributed by atoms with E-state index in [1.807, 2.05) is 58.0 Å². The lowest BCUT2D eigenvalue weighted by Gasteiger charge is -2.23. The van der Waals surface area contributed by atoms with Crippen molar-refractivity contribution in [2.75, 3.05) is 0 Å². The molecule has 0 heterocycles. The molecule has 0 N–H and O–H groups in total. The topological polar surface area (TPSA) is 26.3 Å². The van der Waals surface area contributed by atoms with E-state index in [9.17, 15) is 4.79 Å². The molecule has 2 aromatic rings. The summed E-state index contributed by atoms with van der Waals surface area (Å²) in [6.45, 7) is 16.7. The van der Waals surface area contributed by atoms with Gasteiger partial charge in [-0.15, -0.1) is 0 Å². The first kappa shape index (κ1) is 19.2. The Labute approximate surface area is 152 Å². The fourth-order valence-electron chi connectivity index (χ4n) is 3.05. The van der Waals surface area contributed by atoms with E-state index in [0.717, 1.165) is 22.4 Å². The van der Waals surface area contributed by atoms with Crippen LogP contribution in [0.5, 0.6) is 5.75 Å². The molecular weight excluding hydrogens is 308 g/mol. The van der Waals surface area contributed by atoms with E-state index < -0.39 is 0 Å². The maximum absolute atomic E-state index is 12.9. The Morgan fingerprint density at radius 3 is 1.76 bits per heavy atom. The van der Waals surface area contributed by atoms with Gasteiger partial charge in [0.25, 0.3) is 0 Å². The highest BCUT2D eigenvalue weighted by Crippen LogP contribution is 2.28. The van der Waals surface area contributed by atoms with Gasteiger partial charge in [-0.05, 0) is 81.0 Å². The molecule has 2 nitrogen and oxygen atoms in total. The van der Waals surface area contributed by atoms with E-state index >= 15 is 0 Å². The number of benzene rings is 2. The van der Waals surface area contributed by atoms with Gasteiger partial charge in [0.2, 0.25) is 0 Å². The molecule has 2 aromatic carbocycles. The van der Waals surface area contributed by atoms with Gasteiger partial charge in [0.15, 0.2) is 5.78 Å². The summed E-state index contributed by atoms with van der Waals surface area (Å²) in [5.74, 6) is 0.872. The molecular formula is C23H30O2. The Bertz CT molecular complexity index is 787. The molecule has 25 heavy (non-hydrogen) atoms. The largest absolute Gasteiger partial charge is 0.488 e. The second kappa shape index (κ2) is 6.67. The van der Waals surface area contributed by atoms with Crippen molar-refractivity contribution in [2.45, 2.75) is 66.4 Å². The van der Waals surface area contributed by atoms with Crippen LogP contribution in [-0.4, -0.2) is 11.4 Å². The molecule has 0 aliphatic heterocycles. The van der Waals surface area contributed by atoms with Crippen molar-refractivity contribution in [3.63, 3.8) is 0 Å². The molecule has 2 rings (SSSR count). The van der Waals surface area contributed by atoms with Crippen molar-refractivity contribution in [2.24, 2.45) is 0 Å². The van der Waals surface area contributed by atoms with Gasteiger partial charge in [-0.25, -0.2) is 0 Å². The van der Waals surface area contributed by atoms with Crippen molar-refractivity contribution < 1.29 is 9.53 Å². The molecule has 0 bridgehead atoms. The summed E-state index contributed by atoms with van der Waals surface area (Å²) in [5, 5.41) is 0. The Morgan fingerprint density at radius 1 is 0.800 bits per heavy atom. The zero-order valence-corrected chi connectivity index (χ0v) is 16.8. The summed E-state index contributed by atoms with van der Waals surface area (Å²) in [6.07, 6.45) is 0. The summed E-state index contributed by atoms with van der Waals surface area (Å²) < 4.78 is 5.93. The maximum atomic E-state index is 12.9. The molecule has 2 heteroatoms. The van der Waals surface area contributed by atoms with E-state index in [0.29, 0.717) is 5.56 Å². The average Bonchev–Trinajstić information content (AvgIpc) is 2.46. The van der Waals surface area contributed by atoms with Gasteiger partial charge < -0.3 is 4.74 Å². The predicted molar refractivity (Wildman–Crippen MR) is 105 cm³/mol. The first-order chi connectivity index (χ1) is 11.4. The third-order valence-corrected chi connectivity index (χ3v) is 4.15. The molecule has 0 atom stereocenters. The number of carbonyl (C=O) groups excluding carboxylic acids is 1. The van der Waals surface area contributed by atoms with E-state index in [-0.39, 0.29) is 16.8 Å². The monoisotopic (exact) mass is 338 g/mol. The number of hydrogen-bond acceptors (Lipinski definition) is 2. The number of ketones is 1. The van der Waals surface area contributed by atoms with Crippen LogP contribution in [0.15, 0.2) is 36.4 Å². The van der Waals surface area contributed by atoms with Crippen LogP contribution in [0.1, 0.15) is 74.2 Å². The van der Waals surface area contributed by atoms with Crippen molar-refractivity contribution in [3.8, 4) is 5.75 Å². The smallest absolute Gasteiger partial charge is 0.193 e. The zero-order chi connectivity index (χ0) is 19.0. The van der Waals surface area contributed by atoms with Gasteiger partial charge in [-0.2, -0.15) is 0 Å². The molecule has 0 saturated heterocycles. The van der Waals surface area contributed by atoms with E-state index in [1.54, 1.807) is 0 Å². The molecule has 0 spiro atoms. The van der Waals surface area contributed by atoms with Crippen molar-refractivity contribution in [1.29, 1.82) is 0 Å². The molecule has 0 saturated carbocycles. The minimum Gasteiger partial charge on any atom is -0.488 e. The third-order valence-electron chi connectivity index (χ3n) is 4.15. The summed E-state index contributed by atoms with van der Waals surface area (Å²) in [4.78, 5) is 12.9. The quantitative estimate of drug-likeness (QED) is 0.641. The highest BCUT2D eigenvalue weighted by atomic mass is 16.5. The van der Waals surface area contributed by atoms with Crippen LogP contribution in [0.4, 0.5) is 0 Å². The van der Waals surface area contributed by atoms with E-state index in [2.05, 4.69) is 33.8 Å². The average molecular weight is 338 g/mol. The van der Waals surface area contributed by atoms with Crippen LogP contribution in [-0.2, 0) is 5.41 Å². The highest BCUT2D eigenvalue weighted by molar-refractivity contribution is 6.09. The summed E-state index contributed by atoms with van der Waals surface area (Å²) in [7, 11) is 0. The zero-order valence-electron chi connectivity index (χ0n) is 16.8. The lowest BCUT2D eigenvalue weighted by molar-refractivity contribution is 0.103. The number of aryl methyl sites for hydroxylation is 2. The minimum atomic E-state index is -0.254. The molecule has 0 amide bonds. The van der Waals surface area contributed by atoms with Crippen LogP contribution in [0, 0.1) is 13.8 Å². The van der Waals surface area contributed by atoms with Crippen LogP contribution in [0.3, 0.4) is 0 Å². The highest BCUT2D eigenvalue weighted by Gasteiger charge is 2.19. The molecule has 0 fully saturated rings. The molecule has 0 radical (unpaired) electrons. The molecule has 0 unspecified atom stereocenters. The lowest BCUT2D eigenvalue weighted by atomic mass is 9.83. The normalized spacial score (nSPS) is 12.2. The lowest BCUT2D eigenvalue weighted by Crippen LogP contribution is -2.23. The molecule has 0 aromatic heterocycles. The van der Waals surface area contributed by atoms with Gasteiger partial charge >= 0.3 is 0 Å². The SMILES string of the molecule is Cc1cc(C(=O)c2ccc(C(C)(C)C)c(C)c2)ccc1OC(C)(C)C. The van der Waals surface area contributed by atoms with Crippen LogP contribution in [0.2, 0.25) is 0 Å². The summed E-state index contributed by atoms with van der Waals surface area (Å²) >= 11 is 0. The summed E-state index contributed by atoms with van der Waals surface area (Å²) in [6, 6.07) is 11.7. The van der Waals surface area contributed by atoms with E-state index in [1.165, 1.54) is 5.56 Å². The molecule has 0 aliphatic carbocycles. The van der Waals surface area contributed by atoms with Crippen molar-refractivity contribution in [1.82, 2.24) is 0 Å². The van der Waals surface area contributed by atoms with Gasteiger partial charge in [-0.1, -0.05) is 32.9 Å². The first-order valence-corrected chi connectivity index (χ1v) is 8.84. The summed E-state index contributed by atoms with van der Waals surface area (Å²) in [5.41, 5.74) is 4.65. The second-order valence-corrected chi connectivity index (χ2v) is 8.80. The van der Waals surface area contributed by atoms with Gasteiger partial charge in [0.05, 0.1) is 0 Å². The van der Waals surface area contributed by atoms with Gasteiger partial charge in [-0.3, -0.25) is 4.79 Å². The number of carbonyl (C=O) groups is 1. The molecule has 0 aliphatic rings. The van der Waals surface area contributed by atoms with Crippen molar-refractivity contribution >= 4 is 5.78 Å². The molecule has 134 valence electrons. The predicted octanol–water partition coefficient (Wildman–Crippen LogP) is 6.01. The van der Waals surface area contributed by atoms with Gasteiger partial charge in [0, 0.05) is 11.1 Å². The Balaban J connectivity index is 2.32. The minimum absolute atomic E-state index is 0.0500. The van der Waals surface area contributed by atoms with E-state index in [4.69, 9.17) is 4.74 Å². The fourth-order valence-corrected chi connectivity index (χ4v) is 3.05. The van der Waals surface area contributed by atoms with Gasteiger partial charge in [0.1, 0.15) is 11.4 Å². The third kappa shape index (κ3) is 4.72. The first-order valence-electron chi connectivity index (χ1n) is 8.84. The van der Waals surface area contributed by atoms with Crippen LogP contribution < -0.4 is 4.74 Å². The standard InChI is InChI=1S/C23H30O2/c1-15-13-17(9-11-19(15)22(3,4)5)21(24)18-10-12-20(16(2)14-18)25-23(6,7)8/h9-14H,1-8H3. The Morgan fingerprint density at radius 2 is 1.32 bits per heavy atom. The van der Waals surface area contributed by atoms with Crippen LogP contribution in [0.25, 0.3) is 0 Å². The second-order valence-electron chi connectivity index (χ2n) is 8.80. The number of rotatable bonds is 3. The Hall–Kier alpha value is -2.09. The maximum Gasteiger partial charge on any atom is 0.193 e. The number of ether oxygens (including phenoxy) is 1. The Kier molecular flexibility index (Phi) is 5.13. The van der Waals surface area contributed by atoms with Crippen LogP contribution >= 0.6 is 0 Å². The fraction of sp³-hybridized carbons (Fsp3) is 0.435.